The molecule has 0 atom stereocenters. The van der Waals surface area contributed by atoms with Crippen LogP contribution in [0.5, 0.6) is 0 Å². The van der Waals surface area contributed by atoms with Gasteiger partial charge in [0.25, 0.3) is 0 Å². The molecule has 0 fully saturated rings. The van der Waals surface area contributed by atoms with Crippen LogP contribution in [0, 0.1) is 3.57 Å². The number of aromatic nitrogens is 1. The van der Waals surface area contributed by atoms with Crippen LogP contribution >= 0.6 is 22.6 Å². The number of rotatable bonds is 5. The van der Waals surface area contributed by atoms with Crippen molar-refractivity contribution in [3.63, 3.8) is 0 Å². The number of hydrogen-bond donors (Lipinski definition) is 1. The second kappa shape index (κ2) is 6.21. The first-order chi connectivity index (χ1) is 8.29. The Kier molecular flexibility index (Phi) is 4.62. The van der Waals surface area contributed by atoms with E-state index < -0.39 is 0 Å². The zero-order valence-electron chi connectivity index (χ0n) is 9.99. The van der Waals surface area contributed by atoms with E-state index in [9.17, 15) is 0 Å². The molecule has 0 radical (unpaired) electrons. The van der Waals surface area contributed by atoms with Crippen LogP contribution in [0.1, 0.15) is 18.2 Å². The van der Waals surface area contributed by atoms with Gasteiger partial charge in [-0.1, -0.05) is 19.1 Å². The standard InChI is InChI=1S/C14H17IN2/c1-2-16-10-14-4-3-9-17(14)11-12-5-7-13(15)8-6-12/h3-9,16H,2,10-11H2,1H3. The summed E-state index contributed by atoms with van der Waals surface area (Å²) in [4.78, 5) is 0. The van der Waals surface area contributed by atoms with Crippen molar-refractivity contribution in [2.75, 3.05) is 6.54 Å². The van der Waals surface area contributed by atoms with E-state index in [4.69, 9.17) is 0 Å². The van der Waals surface area contributed by atoms with Crippen LogP contribution in [0.25, 0.3) is 0 Å². The van der Waals surface area contributed by atoms with E-state index in [-0.39, 0.29) is 0 Å². The summed E-state index contributed by atoms with van der Waals surface area (Å²) in [6.45, 7) is 5.03. The van der Waals surface area contributed by atoms with Crippen LogP contribution in [0.2, 0.25) is 0 Å². The third-order valence-corrected chi connectivity index (χ3v) is 3.46. The van der Waals surface area contributed by atoms with Crippen LogP contribution < -0.4 is 5.32 Å². The number of halogens is 1. The molecule has 0 unspecified atom stereocenters. The molecule has 0 bridgehead atoms. The highest BCUT2D eigenvalue weighted by molar-refractivity contribution is 14.1. The molecule has 0 spiro atoms. The third-order valence-electron chi connectivity index (χ3n) is 2.75. The lowest BCUT2D eigenvalue weighted by Crippen LogP contribution is -2.15. The number of nitrogens with one attached hydrogen (secondary N) is 1. The van der Waals surface area contributed by atoms with Crippen molar-refractivity contribution in [2.45, 2.75) is 20.0 Å². The zero-order chi connectivity index (χ0) is 12.1. The van der Waals surface area contributed by atoms with E-state index in [1.54, 1.807) is 0 Å². The monoisotopic (exact) mass is 340 g/mol. The summed E-state index contributed by atoms with van der Waals surface area (Å²) in [6.07, 6.45) is 2.14. The lowest BCUT2D eigenvalue weighted by atomic mass is 10.2. The molecule has 0 saturated heterocycles. The Morgan fingerprint density at radius 1 is 1.18 bits per heavy atom. The molecule has 2 aromatic rings. The Morgan fingerprint density at radius 3 is 2.65 bits per heavy atom. The Balaban J connectivity index is 2.07. The number of hydrogen-bond acceptors (Lipinski definition) is 1. The van der Waals surface area contributed by atoms with Gasteiger partial charge in [0.05, 0.1) is 0 Å². The largest absolute Gasteiger partial charge is 0.346 e. The van der Waals surface area contributed by atoms with Crippen molar-refractivity contribution in [1.82, 2.24) is 9.88 Å². The first kappa shape index (κ1) is 12.6. The maximum absolute atomic E-state index is 3.36. The molecule has 0 aliphatic carbocycles. The molecule has 1 aromatic carbocycles. The maximum atomic E-state index is 3.36. The summed E-state index contributed by atoms with van der Waals surface area (Å²) in [5.74, 6) is 0. The van der Waals surface area contributed by atoms with Gasteiger partial charge < -0.3 is 9.88 Å². The van der Waals surface area contributed by atoms with Gasteiger partial charge in [-0.3, -0.25) is 0 Å². The second-order valence-electron chi connectivity index (χ2n) is 4.03. The van der Waals surface area contributed by atoms with Crippen LogP contribution in [0.15, 0.2) is 42.6 Å². The van der Waals surface area contributed by atoms with E-state index in [0.717, 1.165) is 19.6 Å². The maximum Gasteiger partial charge on any atom is 0.0473 e. The average molecular weight is 340 g/mol. The van der Waals surface area contributed by atoms with Gasteiger partial charge in [-0.2, -0.15) is 0 Å². The molecule has 2 nitrogen and oxygen atoms in total. The predicted molar refractivity (Wildman–Crippen MR) is 80.1 cm³/mol. The normalized spacial score (nSPS) is 10.7. The van der Waals surface area contributed by atoms with Crippen molar-refractivity contribution < 1.29 is 0 Å². The van der Waals surface area contributed by atoms with Gasteiger partial charge in [0.1, 0.15) is 0 Å². The minimum Gasteiger partial charge on any atom is -0.346 e. The first-order valence-electron chi connectivity index (χ1n) is 5.89. The minimum atomic E-state index is 0.938. The lowest BCUT2D eigenvalue weighted by molar-refractivity contribution is 0.657. The molecule has 1 N–H and O–H groups in total. The first-order valence-corrected chi connectivity index (χ1v) is 6.96. The van der Waals surface area contributed by atoms with E-state index in [1.165, 1.54) is 14.8 Å². The summed E-state index contributed by atoms with van der Waals surface area (Å²) in [5.41, 5.74) is 2.68. The van der Waals surface area contributed by atoms with Crippen LogP contribution in [-0.2, 0) is 13.1 Å². The smallest absolute Gasteiger partial charge is 0.0473 e. The SMILES string of the molecule is CCNCc1cccn1Cc1ccc(I)cc1. The average Bonchev–Trinajstić information content (AvgIpc) is 2.77. The molecule has 0 amide bonds. The molecule has 1 aromatic heterocycles. The summed E-state index contributed by atoms with van der Waals surface area (Å²) in [5, 5.41) is 3.36. The van der Waals surface area contributed by atoms with Crippen LogP contribution in [0.4, 0.5) is 0 Å². The molecular formula is C14H17IN2. The van der Waals surface area contributed by atoms with E-state index >= 15 is 0 Å². The highest BCUT2D eigenvalue weighted by Gasteiger charge is 2.01. The summed E-state index contributed by atoms with van der Waals surface area (Å²) >= 11 is 2.33. The molecule has 0 aliphatic rings. The Morgan fingerprint density at radius 2 is 1.94 bits per heavy atom. The fourth-order valence-corrected chi connectivity index (χ4v) is 2.16. The number of benzene rings is 1. The summed E-state index contributed by atoms with van der Waals surface area (Å²) in [7, 11) is 0. The van der Waals surface area contributed by atoms with Gasteiger partial charge in [0.2, 0.25) is 0 Å². The Hall–Kier alpha value is -0.810. The predicted octanol–water partition coefficient (Wildman–Crippen LogP) is 3.25. The van der Waals surface area contributed by atoms with Gasteiger partial charge in [0, 0.05) is 28.6 Å². The quantitative estimate of drug-likeness (QED) is 0.827. The lowest BCUT2D eigenvalue weighted by Gasteiger charge is -2.09. The Bertz CT molecular complexity index is 459. The number of nitrogens with zero attached hydrogens (tertiary/aromatic N) is 1. The van der Waals surface area contributed by atoms with E-state index in [1.807, 2.05) is 0 Å². The highest BCUT2D eigenvalue weighted by atomic mass is 127. The van der Waals surface area contributed by atoms with E-state index in [2.05, 4.69) is 82.0 Å². The van der Waals surface area contributed by atoms with Gasteiger partial charge in [-0.05, 0) is 59.0 Å². The van der Waals surface area contributed by atoms with Gasteiger partial charge in [0.15, 0.2) is 0 Å². The van der Waals surface area contributed by atoms with Crippen molar-refractivity contribution in [3.05, 3.63) is 57.4 Å². The fourth-order valence-electron chi connectivity index (χ4n) is 1.80. The van der Waals surface area contributed by atoms with Crippen molar-refractivity contribution in [1.29, 1.82) is 0 Å². The Labute approximate surface area is 116 Å². The topological polar surface area (TPSA) is 17.0 Å². The summed E-state index contributed by atoms with van der Waals surface area (Å²) < 4.78 is 3.58. The molecule has 3 heteroatoms. The second-order valence-corrected chi connectivity index (χ2v) is 5.28. The molecule has 0 aliphatic heterocycles. The molecule has 2 rings (SSSR count). The van der Waals surface area contributed by atoms with Crippen molar-refractivity contribution in [3.8, 4) is 0 Å². The van der Waals surface area contributed by atoms with Gasteiger partial charge >= 0.3 is 0 Å². The van der Waals surface area contributed by atoms with Gasteiger partial charge in [-0.15, -0.1) is 0 Å². The molecule has 0 saturated carbocycles. The highest BCUT2D eigenvalue weighted by Crippen LogP contribution is 2.10. The molecule has 17 heavy (non-hydrogen) atoms. The molecule has 90 valence electrons. The fraction of sp³-hybridized carbons (Fsp3) is 0.286. The van der Waals surface area contributed by atoms with Crippen LogP contribution in [0.3, 0.4) is 0 Å². The van der Waals surface area contributed by atoms with Gasteiger partial charge in [-0.25, -0.2) is 0 Å². The van der Waals surface area contributed by atoms with Crippen LogP contribution in [-0.4, -0.2) is 11.1 Å². The van der Waals surface area contributed by atoms with Crippen molar-refractivity contribution >= 4 is 22.6 Å². The molecule has 1 heterocycles. The third kappa shape index (κ3) is 3.57. The molecular weight excluding hydrogens is 323 g/mol. The summed E-state index contributed by atoms with van der Waals surface area (Å²) in [6, 6.07) is 13.0. The minimum absolute atomic E-state index is 0.938. The van der Waals surface area contributed by atoms with Crippen molar-refractivity contribution in [2.24, 2.45) is 0 Å². The zero-order valence-corrected chi connectivity index (χ0v) is 12.1. The van der Waals surface area contributed by atoms with E-state index in [0.29, 0.717) is 0 Å².